The summed E-state index contributed by atoms with van der Waals surface area (Å²) in [5.41, 5.74) is 0.956. The van der Waals surface area contributed by atoms with Gasteiger partial charge in [-0.2, -0.15) is 23.6 Å². The first kappa shape index (κ1) is 18.9. The van der Waals surface area contributed by atoms with Crippen molar-refractivity contribution in [2.24, 2.45) is 0 Å². The van der Waals surface area contributed by atoms with Gasteiger partial charge in [0.1, 0.15) is 23.1 Å². The first-order valence-electron chi connectivity index (χ1n) is 7.93. The Balaban J connectivity index is 1.71. The summed E-state index contributed by atoms with van der Waals surface area (Å²) in [4.78, 5) is 0. The van der Waals surface area contributed by atoms with E-state index in [0.717, 1.165) is 17.7 Å². The molecule has 28 heavy (non-hydrogen) atoms. The minimum Gasteiger partial charge on any atom is -0.457 e. The number of rotatable bonds is 5. The molecule has 7 nitrogen and oxygen atoms in total. The number of tetrazole rings is 1. The summed E-state index contributed by atoms with van der Waals surface area (Å²) in [6, 6.07) is 11.5. The van der Waals surface area contributed by atoms with E-state index in [0.29, 0.717) is 11.4 Å². The van der Waals surface area contributed by atoms with E-state index in [4.69, 9.17) is 10.00 Å². The van der Waals surface area contributed by atoms with Gasteiger partial charge in [0.25, 0.3) is 0 Å². The molecular weight excluding hydrogens is 373 g/mol. The summed E-state index contributed by atoms with van der Waals surface area (Å²) in [6.07, 6.45) is -2.94. The van der Waals surface area contributed by atoms with E-state index in [1.807, 2.05) is 13.0 Å². The maximum atomic E-state index is 12.6. The van der Waals surface area contributed by atoms with Gasteiger partial charge < -0.3 is 10.1 Å². The van der Waals surface area contributed by atoms with Gasteiger partial charge in [0, 0.05) is 11.9 Å². The monoisotopic (exact) mass is 386 g/mol. The number of halogens is 3. The van der Waals surface area contributed by atoms with E-state index in [9.17, 15) is 13.2 Å². The van der Waals surface area contributed by atoms with Crippen molar-refractivity contribution in [2.75, 3.05) is 5.32 Å². The third kappa shape index (κ3) is 4.45. The average molecular weight is 386 g/mol. The van der Waals surface area contributed by atoms with Crippen LogP contribution in [0, 0.1) is 18.3 Å². The highest BCUT2D eigenvalue weighted by molar-refractivity contribution is 5.74. The molecule has 10 heteroatoms. The number of aromatic nitrogens is 4. The highest BCUT2D eigenvalue weighted by Crippen LogP contribution is 2.32. The fraction of sp³-hybridized carbons (Fsp3) is 0.111. The lowest BCUT2D eigenvalue weighted by Gasteiger charge is -2.11. The molecule has 1 heterocycles. The third-order valence-corrected chi connectivity index (χ3v) is 3.69. The molecule has 0 atom stereocenters. The van der Waals surface area contributed by atoms with E-state index in [1.54, 1.807) is 18.2 Å². The van der Waals surface area contributed by atoms with Crippen molar-refractivity contribution >= 4 is 11.3 Å². The number of aromatic amines is 1. The molecule has 0 saturated carbocycles. The standard InChI is InChI=1S/C18H13F3N6O/c1-11-8-15(28-14-4-2-13(3-5-14)18(19,20)21)6-7-16(11)23-10-12(9-22)17-24-26-27-25-17/h2-8,10,23H,1H3,(H,24,25,26,27). The van der Waals surface area contributed by atoms with Crippen molar-refractivity contribution in [1.29, 1.82) is 5.26 Å². The van der Waals surface area contributed by atoms with Gasteiger partial charge in [-0.3, -0.25) is 0 Å². The van der Waals surface area contributed by atoms with Gasteiger partial charge >= 0.3 is 6.18 Å². The van der Waals surface area contributed by atoms with Crippen LogP contribution in [0.15, 0.2) is 48.7 Å². The van der Waals surface area contributed by atoms with Crippen molar-refractivity contribution < 1.29 is 17.9 Å². The van der Waals surface area contributed by atoms with Crippen LogP contribution in [0.25, 0.3) is 5.57 Å². The van der Waals surface area contributed by atoms with E-state index in [-0.39, 0.29) is 17.1 Å². The number of aryl methyl sites for hydroxylation is 1. The van der Waals surface area contributed by atoms with Crippen LogP contribution in [0.2, 0.25) is 0 Å². The van der Waals surface area contributed by atoms with Crippen molar-refractivity contribution in [3.8, 4) is 17.6 Å². The summed E-state index contributed by atoms with van der Waals surface area (Å²) in [5.74, 6) is 0.914. The first-order chi connectivity index (χ1) is 13.4. The van der Waals surface area contributed by atoms with Crippen LogP contribution < -0.4 is 10.1 Å². The molecule has 2 N–H and O–H groups in total. The second-order valence-electron chi connectivity index (χ2n) is 5.65. The minimum atomic E-state index is -4.39. The van der Waals surface area contributed by atoms with Gasteiger partial charge in [-0.15, -0.1) is 10.2 Å². The number of nitrogens with zero attached hydrogens (tertiary/aromatic N) is 4. The van der Waals surface area contributed by atoms with E-state index in [2.05, 4.69) is 25.9 Å². The normalized spacial score (nSPS) is 11.8. The lowest BCUT2D eigenvalue weighted by molar-refractivity contribution is -0.137. The van der Waals surface area contributed by atoms with Gasteiger partial charge in [-0.1, -0.05) is 0 Å². The highest BCUT2D eigenvalue weighted by Gasteiger charge is 2.30. The number of benzene rings is 2. The Kier molecular flexibility index (Phi) is 5.26. The Morgan fingerprint density at radius 3 is 2.46 bits per heavy atom. The number of anilines is 1. The number of nitriles is 1. The van der Waals surface area contributed by atoms with Crippen LogP contribution >= 0.6 is 0 Å². The summed E-state index contributed by atoms with van der Waals surface area (Å²) < 4.78 is 43.4. The molecule has 142 valence electrons. The van der Waals surface area contributed by atoms with Gasteiger partial charge in [-0.05, 0) is 60.2 Å². The largest absolute Gasteiger partial charge is 0.457 e. The van der Waals surface area contributed by atoms with E-state index < -0.39 is 11.7 Å². The average Bonchev–Trinajstić information content (AvgIpc) is 3.18. The zero-order valence-electron chi connectivity index (χ0n) is 14.4. The predicted molar refractivity (Wildman–Crippen MR) is 94.1 cm³/mol. The van der Waals surface area contributed by atoms with Gasteiger partial charge in [0.2, 0.25) is 5.82 Å². The maximum Gasteiger partial charge on any atom is 0.416 e. The number of hydrogen-bond donors (Lipinski definition) is 2. The third-order valence-electron chi connectivity index (χ3n) is 3.69. The number of alkyl halides is 3. The molecule has 2 aromatic carbocycles. The molecule has 0 bridgehead atoms. The Bertz CT molecular complexity index is 1020. The van der Waals surface area contributed by atoms with Crippen LogP contribution in [0.5, 0.6) is 11.5 Å². The van der Waals surface area contributed by atoms with Crippen molar-refractivity contribution in [2.45, 2.75) is 13.1 Å². The second kappa shape index (κ2) is 7.79. The molecular formula is C18H13F3N6O. The quantitative estimate of drug-likeness (QED) is 0.635. The molecule has 1 aromatic heterocycles. The minimum absolute atomic E-state index is 0.162. The Hall–Kier alpha value is -3.87. The second-order valence-corrected chi connectivity index (χ2v) is 5.65. The smallest absolute Gasteiger partial charge is 0.416 e. The van der Waals surface area contributed by atoms with Gasteiger partial charge in [0.15, 0.2) is 0 Å². The summed E-state index contributed by atoms with van der Waals surface area (Å²) in [7, 11) is 0. The fourth-order valence-corrected chi connectivity index (χ4v) is 2.28. The summed E-state index contributed by atoms with van der Waals surface area (Å²) >= 11 is 0. The molecule has 0 amide bonds. The number of nitrogens with one attached hydrogen (secondary N) is 2. The molecule has 0 aliphatic heterocycles. The van der Waals surface area contributed by atoms with Crippen LogP contribution in [0.4, 0.5) is 18.9 Å². The molecule has 0 fully saturated rings. The zero-order chi connectivity index (χ0) is 20.1. The maximum absolute atomic E-state index is 12.6. The lowest BCUT2D eigenvalue weighted by atomic mass is 10.2. The highest BCUT2D eigenvalue weighted by atomic mass is 19.4. The van der Waals surface area contributed by atoms with Crippen molar-refractivity contribution in [1.82, 2.24) is 20.6 Å². The number of allylic oxidation sites excluding steroid dienone is 1. The predicted octanol–water partition coefficient (Wildman–Crippen LogP) is 4.30. The van der Waals surface area contributed by atoms with Crippen molar-refractivity contribution in [3.05, 3.63) is 65.6 Å². The molecule has 0 spiro atoms. The number of H-pyrrole nitrogens is 1. The van der Waals surface area contributed by atoms with Crippen LogP contribution in [-0.2, 0) is 6.18 Å². The molecule has 3 aromatic rings. The van der Waals surface area contributed by atoms with Crippen molar-refractivity contribution in [3.63, 3.8) is 0 Å². The molecule has 0 aliphatic carbocycles. The molecule has 3 rings (SSSR count). The zero-order valence-corrected chi connectivity index (χ0v) is 14.4. The fourth-order valence-electron chi connectivity index (χ4n) is 2.28. The van der Waals surface area contributed by atoms with Gasteiger partial charge in [0.05, 0.1) is 5.56 Å². The molecule has 0 radical (unpaired) electrons. The first-order valence-corrected chi connectivity index (χ1v) is 7.93. The Morgan fingerprint density at radius 1 is 1.18 bits per heavy atom. The molecule has 0 saturated heterocycles. The molecule has 0 aliphatic rings. The Labute approximate surface area is 157 Å². The SMILES string of the molecule is Cc1cc(Oc2ccc(C(F)(F)F)cc2)ccc1NC=C(C#N)c1nn[nH]n1. The number of hydrogen-bond acceptors (Lipinski definition) is 6. The number of ether oxygens (including phenoxy) is 1. The summed E-state index contributed by atoms with van der Waals surface area (Å²) in [5, 5.41) is 25.3. The summed E-state index contributed by atoms with van der Waals surface area (Å²) in [6.45, 7) is 1.82. The van der Waals surface area contributed by atoms with E-state index >= 15 is 0 Å². The Morgan fingerprint density at radius 2 is 1.89 bits per heavy atom. The molecule has 0 unspecified atom stereocenters. The topological polar surface area (TPSA) is 99.5 Å². The van der Waals surface area contributed by atoms with Crippen LogP contribution in [0.1, 0.15) is 17.0 Å². The van der Waals surface area contributed by atoms with Gasteiger partial charge in [-0.25, -0.2) is 0 Å². The van der Waals surface area contributed by atoms with E-state index in [1.165, 1.54) is 18.3 Å². The lowest BCUT2D eigenvalue weighted by Crippen LogP contribution is -2.04. The van der Waals surface area contributed by atoms with Crippen LogP contribution in [-0.4, -0.2) is 20.6 Å². The van der Waals surface area contributed by atoms with Crippen LogP contribution in [0.3, 0.4) is 0 Å².